The number of aromatic nitrogens is 2. The maximum absolute atomic E-state index is 12.1. The normalized spacial score (nSPS) is 17.6. The van der Waals surface area contributed by atoms with Gasteiger partial charge in [-0.15, -0.1) is 9.24 Å². The molecule has 114 valence electrons. The molecule has 1 aliphatic heterocycles. The number of halogens is 1. The molecule has 4 nitrogen and oxygen atoms in total. The van der Waals surface area contributed by atoms with Gasteiger partial charge >= 0.3 is 0 Å². The number of hydrogen-bond acceptors (Lipinski definition) is 4. The molecule has 1 atom stereocenters. The Balaban J connectivity index is 2.14. The number of rotatable bonds is 4. The monoisotopic (exact) mass is 417 g/mol. The molecule has 6 heteroatoms. The van der Waals surface area contributed by atoms with Gasteiger partial charge in [-0.05, 0) is 35.4 Å². The van der Waals surface area contributed by atoms with Crippen LogP contribution in [0.1, 0.15) is 38.8 Å². The van der Waals surface area contributed by atoms with Crippen molar-refractivity contribution in [2.45, 2.75) is 33.1 Å². The Morgan fingerprint density at radius 3 is 2.67 bits per heavy atom. The predicted octanol–water partition coefficient (Wildman–Crippen LogP) is 2.97. The van der Waals surface area contributed by atoms with Crippen molar-refractivity contribution < 1.29 is 4.79 Å². The van der Waals surface area contributed by atoms with Gasteiger partial charge in [0.1, 0.15) is 5.78 Å². The zero-order valence-corrected chi connectivity index (χ0v) is 15.8. The summed E-state index contributed by atoms with van der Waals surface area (Å²) >= 11 is 2.18. The summed E-state index contributed by atoms with van der Waals surface area (Å²) in [5, 5.41) is 0.959. The van der Waals surface area contributed by atoms with Crippen LogP contribution in [-0.2, 0) is 4.79 Å². The standard InChI is InChI=1S/C15H21IN3OP/c1-4-12(20)15(3)5-7-19(8-6-15)14-17-9-11(21)13(18-14)10(2)16/h9H,2,4-8,21H2,1,3H3. The predicted molar refractivity (Wildman–Crippen MR) is 99.3 cm³/mol. The molecule has 1 aromatic heterocycles. The van der Waals surface area contributed by atoms with E-state index in [9.17, 15) is 4.79 Å². The number of carbonyl (C=O) groups excluding carboxylic acids is 1. The SMILES string of the molecule is C=C(I)c1nc(N2CCC(C)(C(=O)CC)CC2)ncc1P. The molecule has 0 spiro atoms. The topological polar surface area (TPSA) is 46.1 Å². The molecule has 21 heavy (non-hydrogen) atoms. The lowest BCUT2D eigenvalue weighted by Crippen LogP contribution is -2.43. The van der Waals surface area contributed by atoms with Crippen molar-refractivity contribution in [2.24, 2.45) is 5.41 Å². The summed E-state index contributed by atoms with van der Waals surface area (Å²) in [6, 6.07) is 0. The largest absolute Gasteiger partial charge is 0.341 e. The van der Waals surface area contributed by atoms with E-state index in [0.29, 0.717) is 12.2 Å². The molecule has 0 amide bonds. The number of anilines is 1. The first-order valence-electron chi connectivity index (χ1n) is 7.13. The van der Waals surface area contributed by atoms with E-state index < -0.39 is 0 Å². The number of carbonyl (C=O) groups is 1. The Bertz CT molecular complexity index is 568. The van der Waals surface area contributed by atoms with Gasteiger partial charge in [0, 0.05) is 40.0 Å². The van der Waals surface area contributed by atoms with Gasteiger partial charge in [0.25, 0.3) is 0 Å². The average molecular weight is 417 g/mol. The van der Waals surface area contributed by atoms with Crippen LogP contribution in [0, 0.1) is 5.41 Å². The van der Waals surface area contributed by atoms with Crippen molar-refractivity contribution in [1.29, 1.82) is 0 Å². The third-order valence-corrected chi connectivity index (χ3v) is 5.14. The first kappa shape index (κ1) is 16.8. The molecule has 0 radical (unpaired) electrons. The van der Waals surface area contributed by atoms with Crippen molar-refractivity contribution in [2.75, 3.05) is 18.0 Å². The summed E-state index contributed by atoms with van der Waals surface area (Å²) in [4.78, 5) is 23.3. The third-order valence-electron chi connectivity index (χ3n) is 4.21. The fourth-order valence-electron chi connectivity index (χ4n) is 2.66. The third kappa shape index (κ3) is 3.62. The first-order chi connectivity index (χ1) is 9.87. The van der Waals surface area contributed by atoms with Gasteiger partial charge in [0.15, 0.2) is 0 Å². The molecule has 2 heterocycles. The highest BCUT2D eigenvalue weighted by Gasteiger charge is 2.36. The minimum absolute atomic E-state index is 0.179. The van der Waals surface area contributed by atoms with Gasteiger partial charge in [0.2, 0.25) is 5.95 Å². The van der Waals surface area contributed by atoms with Crippen LogP contribution >= 0.6 is 31.8 Å². The molecular weight excluding hydrogens is 396 g/mol. The lowest BCUT2D eigenvalue weighted by molar-refractivity contribution is -0.128. The summed E-state index contributed by atoms with van der Waals surface area (Å²) in [7, 11) is 2.64. The lowest BCUT2D eigenvalue weighted by atomic mass is 9.76. The molecule has 0 bridgehead atoms. The molecule has 1 fully saturated rings. The highest BCUT2D eigenvalue weighted by molar-refractivity contribution is 14.1. The van der Waals surface area contributed by atoms with Crippen LogP contribution in [0.15, 0.2) is 12.8 Å². The molecule has 1 unspecified atom stereocenters. The Kier molecular flexibility index (Phi) is 5.36. The lowest BCUT2D eigenvalue weighted by Gasteiger charge is -2.38. The zero-order valence-electron chi connectivity index (χ0n) is 12.5. The van der Waals surface area contributed by atoms with Crippen LogP contribution in [0.5, 0.6) is 0 Å². The van der Waals surface area contributed by atoms with Crippen LogP contribution in [0.25, 0.3) is 3.58 Å². The Morgan fingerprint density at radius 2 is 2.14 bits per heavy atom. The van der Waals surface area contributed by atoms with Gasteiger partial charge < -0.3 is 4.90 Å². The number of nitrogens with zero attached hydrogens (tertiary/aromatic N) is 3. The van der Waals surface area contributed by atoms with Gasteiger partial charge in [-0.1, -0.05) is 20.4 Å². The van der Waals surface area contributed by atoms with E-state index in [4.69, 9.17) is 0 Å². The van der Waals surface area contributed by atoms with E-state index in [-0.39, 0.29) is 5.41 Å². The summed E-state index contributed by atoms with van der Waals surface area (Å²) in [5.41, 5.74) is 0.699. The Morgan fingerprint density at radius 1 is 1.52 bits per heavy atom. The van der Waals surface area contributed by atoms with Crippen molar-refractivity contribution in [3.8, 4) is 0 Å². The first-order valence-corrected chi connectivity index (χ1v) is 8.78. The van der Waals surface area contributed by atoms with Crippen molar-refractivity contribution >= 4 is 52.4 Å². The number of piperidine rings is 1. The molecular formula is C15H21IN3OP. The molecule has 0 aromatic carbocycles. The second-order valence-corrected chi connectivity index (χ2v) is 7.63. The van der Waals surface area contributed by atoms with Crippen molar-refractivity contribution in [3.63, 3.8) is 0 Å². The fraction of sp³-hybridized carbons (Fsp3) is 0.533. The van der Waals surface area contributed by atoms with Gasteiger partial charge in [-0.3, -0.25) is 4.79 Å². The van der Waals surface area contributed by atoms with Crippen molar-refractivity contribution in [1.82, 2.24) is 9.97 Å². The summed E-state index contributed by atoms with van der Waals surface area (Å²) < 4.78 is 0.907. The molecule has 0 aliphatic carbocycles. The summed E-state index contributed by atoms with van der Waals surface area (Å²) in [5.74, 6) is 1.10. The van der Waals surface area contributed by atoms with E-state index in [0.717, 1.165) is 46.5 Å². The minimum Gasteiger partial charge on any atom is -0.341 e. The molecule has 0 saturated carbocycles. The van der Waals surface area contributed by atoms with Gasteiger partial charge in [-0.2, -0.15) is 0 Å². The summed E-state index contributed by atoms with van der Waals surface area (Å²) in [6.07, 6.45) is 4.17. The number of hydrogen-bond donors (Lipinski definition) is 0. The van der Waals surface area contributed by atoms with Crippen LogP contribution in [-0.4, -0.2) is 28.8 Å². The summed E-state index contributed by atoms with van der Waals surface area (Å²) in [6.45, 7) is 9.63. The maximum atomic E-state index is 12.1. The van der Waals surface area contributed by atoms with Crippen LogP contribution in [0.3, 0.4) is 0 Å². The zero-order chi connectivity index (χ0) is 15.6. The van der Waals surface area contributed by atoms with Crippen molar-refractivity contribution in [3.05, 3.63) is 18.5 Å². The van der Waals surface area contributed by atoms with Crippen LogP contribution in [0.2, 0.25) is 0 Å². The number of Topliss-reactive ketones (excluding diaryl/α,β-unsaturated/α-hetero) is 1. The smallest absolute Gasteiger partial charge is 0.225 e. The van der Waals surface area contributed by atoms with E-state index in [1.54, 1.807) is 0 Å². The Hall–Kier alpha value is -0.550. The molecule has 0 N–H and O–H groups in total. The average Bonchev–Trinajstić information content (AvgIpc) is 2.47. The highest BCUT2D eigenvalue weighted by Crippen LogP contribution is 2.34. The Labute approximate surface area is 142 Å². The van der Waals surface area contributed by atoms with Gasteiger partial charge in [-0.25, -0.2) is 9.97 Å². The van der Waals surface area contributed by atoms with Crippen LogP contribution < -0.4 is 10.2 Å². The molecule has 1 aliphatic rings. The van der Waals surface area contributed by atoms with E-state index in [2.05, 4.69) is 60.2 Å². The van der Waals surface area contributed by atoms with E-state index >= 15 is 0 Å². The molecule has 1 saturated heterocycles. The second kappa shape index (κ2) is 6.69. The quantitative estimate of drug-likeness (QED) is 0.559. The molecule has 2 rings (SSSR count). The second-order valence-electron chi connectivity index (χ2n) is 5.70. The maximum Gasteiger partial charge on any atom is 0.225 e. The fourth-order valence-corrected chi connectivity index (χ4v) is 3.70. The minimum atomic E-state index is -0.179. The van der Waals surface area contributed by atoms with Crippen LogP contribution in [0.4, 0.5) is 5.95 Å². The van der Waals surface area contributed by atoms with E-state index in [1.807, 2.05) is 13.1 Å². The molecule has 1 aromatic rings. The van der Waals surface area contributed by atoms with Gasteiger partial charge in [0.05, 0.1) is 5.69 Å². The number of ketones is 1. The van der Waals surface area contributed by atoms with E-state index in [1.165, 1.54) is 0 Å². The highest BCUT2D eigenvalue weighted by atomic mass is 127.